The number of rotatable bonds is 6. The van der Waals surface area contributed by atoms with Gasteiger partial charge in [-0.1, -0.05) is 0 Å². The lowest BCUT2D eigenvalue weighted by Gasteiger charge is -2.16. The zero-order chi connectivity index (χ0) is 12.7. The predicted molar refractivity (Wildman–Crippen MR) is 65.5 cm³/mol. The third-order valence-corrected chi connectivity index (χ3v) is 2.55. The largest absolute Gasteiger partial charge is 0.393 e. The highest BCUT2D eigenvalue weighted by Crippen LogP contribution is 1.94. The van der Waals surface area contributed by atoms with Crippen LogP contribution in [0.15, 0.2) is 0 Å². The van der Waals surface area contributed by atoms with Gasteiger partial charge >= 0.3 is 5.96 Å². The molecule has 0 aromatic rings. The maximum Gasteiger partial charge on any atom is 0.345 e. The summed E-state index contributed by atoms with van der Waals surface area (Å²) in [4.78, 5) is 1.91. The lowest BCUT2D eigenvalue weighted by atomic mass is 10.3. The second-order valence-electron chi connectivity index (χ2n) is 4.48. The maximum absolute atomic E-state index is 9.17. The van der Waals surface area contributed by atoms with E-state index in [1.165, 1.54) is 0 Å². The third kappa shape index (κ3) is 6.63. The third-order valence-electron chi connectivity index (χ3n) is 2.55. The molecule has 0 amide bonds. The van der Waals surface area contributed by atoms with Gasteiger partial charge in [0.15, 0.2) is 0 Å². The Balaban J connectivity index is 4.15. The van der Waals surface area contributed by atoms with E-state index in [9.17, 15) is 10.2 Å². The molecule has 0 rings (SSSR count). The van der Waals surface area contributed by atoms with Crippen molar-refractivity contribution in [1.29, 1.82) is 0 Å². The summed E-state index contributed by atoms with van der Waals surface area (Å²) in [5.41, 5.74) is 5.94. The summed E-state index contributed by atoms with van der Waals surface area (Å²) in [6.45, 7) is 4.98. The zero-order valence-electron chi connectivity index (χ0n) is 10.8. The molecule has 2 atom stereocenters. The first kappa shape index (κ1) is 15.2. The highest BCUT2D eigenvalue weighted by Gasteiger charge is 2.12. The number of nitrogens with two attached hydrogens (primary N) is 1. The second kappa shape index (κ2) is 7.46. The number of hydrogen-bond donors (Lipinski definition) is 3. The minimum Gasteiger partial charge on any atom is -0.393 e. The van der Waals surface area contributed by atoms with E-state index in [1.54, 1.807) is 13.8 Å². The Morgan fingerprint density at radius 3 is 2.19 bits per heavy atom. The molecule has 0 heterocycles. The summed E-state index contributed by atoms with van der Waals surface area (Å²) in [5, 5.41) is 18.3. The number of nitrogens with zero attached hydrogens (tertiary/aromatic N) is 2. The van der Waals surface area contributed by atoms with Gasteiger partial charge in [0.2, 0.25) is 0 Å². The molecule has 2 unspecified atom stereocenters. The van der Waals surface area contributed by atoms with E-state index >= 15 is 0 Å². The Morgan fingerprint density at radius 2 is 1.75 bits per heavy atom. The van der Waals surface area contributed by atoms with Gasteiger partial charge in [-0.05, 0) is 13.8 Å². The van der Waals surface area contributed by atoms with Gasteiger partial charge in [0.05, 0.1) is 39.4 Å². The van der Waals surface area contributed by atoms with Crippen LogP contribution in [-0.2, 0) is 0 Å². The molecular weight excluding hydrogens is 206 g/mol. The predicted octanol–water partition coefficient (Wildman–Crippen LogP) is -0.583. The standard InChI is InChI=1S/C11H25N3O2/c1-9(15)5-7-13(3)11(12)14(4)8-6-10(2)16/h9-10,12,15-16H,5-8H2,1-4H3/p+1. The molecule has 0 aliphatic heterocycles. The van der Waals surface area contributed by atoms with Crippen LogP contribution in [-0.4, -0.2) is 65.0 Å². The normalized spacial score (nSPS) is 16.6. The fraction of sp³-hybridized carbons (Fsp3) is 0.909. The molecule has 0 radical (unpaired) electrons. The molecule has 0 fully saturated rings. The van der Waals surface area contributed by atoms with E-state index in [0.29, 0.717) is 18.8 Å². The number of aliphatic hydroxyl groups is 2. The quantitative estimate of drug-likeness (QED) is 0.325. The molecule has 0 saturated heterocycles. The van der Waals surface area contributed by atoms with Crippen LogP contribution >= 0.6 is 0 Å². The van der Waals surface area contributed by atoms with Crippen LogP contribution in [0.5, 0.6) is 0 Å². The smallest absolute Gasteiger partial charge is 0.345 e. The van der Waals surface area contributed by atoms with Gasteiger partial charge < -0.3 is 10.2 Å². The molecule has 0 bridgehead atoms. The Hall–Kier alpha value is -0.810. The van der Waals surface area contributed by atoms with Gasteiger partial charge in [-0.2, -0.15) is 0 Å². The van der Waals surface area contributed by atoms with Gasteiger partial charge in [0.25, 0.3) is 0 Å². The number of guanidine groups is 1. The fourth-order valence-electron chi connectivity index (χ4n) is 1.28. The lowest BCUT2D eigenvalue weighted by molar-refractivity contribution is -0.505. The zero-order valence-corrected chi connectivity index (χ0v) is 10.8. The van der Waals surface area contributed by atoms with Crippen LogP contribution in [0.3, 0.4) is 0 Å². The fourth-order valence-corrected chi connectivity index (χ4v) is 1.28. The number of aliphatic hydroxyl groups excluding tert-OH is 2. The van der Waals surface area contributed by atoms with Crippen LogP contribution in [0.1, 0.15) is 26.7 Å². The molecule has 16 heavy (non-hydrogen) atoms. The molecular formula is C11H26N3O2+. The first-order valence-electron chi connectivity index (χ1n) is 5.75. The van der Waals surface area contributed by atoms with Crippen molar-refractivity contribution in [1.82, 2.24) is 4.90 Å². The Kier molecular flexibility index (Phi) is 7.08. The van der Waals surface area contributed by atoms with Crippen molar-refractivity contribution < 1.29 is 14.8 Å². The first-order valence-corrected chi connectivity index (χ1v) is 5.75. The van der Waals surface area contributed by atoms with Crippen molar-refractivity contribution in [3.8, 4) is 0 Å². The van der Waals surface area contributed by atoms with Crippen molar-refractivity contribution in [2.75, 3.05) is 27.2 Å². The molecule has 0 aromatic carbocycles. The Morgan fingerprint density at radius 1 is 1.25 bits per heavy atom. The van der Waals surface area contributed by atoms with Crippen LogP contribution in [0.2, 0.25) is 0 Å². The summed E-state index contributed by atoms with van der Waals surface area (Å²) >= 11 is 0. The molecule has 5 nitrogen and oxygen atoms in total. The molecule has 5 heteroatoms. The van der Waals surface area contributed by atoms with Crippen LogP contribution < -0.4 is 5.73 Å². The minimum atomic E-state index is -0.307. The van der Waals surface area contributed by atoms with Crippen LogP contribution in [0.25, 0.3) is 0 Å². The summed E-state index contributed by atoms with van der Waals surface area (Å²) in [7, 11) is 3.80. The van der Waals surface area contributed by atoms with Gasteiger partial charge in [-0.3, -0.25) is 15.2 Å². The minimum absolute atomic E-state index is 0.307. The molecule has 96 valence electrons. The lowest BCUT2D eigenvalue weighted by Crippen LogP contribution is -2.42. The van der Waals surface area contributed by atoms with Crippen molar-refractivity contribution in [2.45, 2.75) is 38.9 Å². The van der Waals surface area contributed by atoms with E-state index < -0.39 is 0 Å². The summed E-state index contributed by atoms with van der Waals surface area (Å²) < 4.78 is 1.91. The average Bonchev–Trinajstić information content (AvgIpc) is 2.21. The highest BCUT2D eigenvalue weighted by atomic mass is 16.3. The molecule has 0 aliphatic rings. The van der Waals surface area contributed by atoms with Gasteiger partial charge in [-0.15, -0.1) is 0 Å². The summed E-state index contributed by atoms with van der Waals surface area (Å²) in [5.74, 6) is 0.668. The second-order valence-corrected chi connectivity index (χ2v) is 4.48. The van der Waals surface area contributed by atoms with Crippen LogP contribution in [0.4, 0.5) is 0 Å². The molecule has 0 saturated carbocycles. The molecule has 4 N–H and O–H groups in total. The topological polar surface area (TPSA) is 72.7 Å². The molecule has 0 aromatic heterocycles. The van der Waals surface area contributed by atoms with Crippen molar-refractivity contribution in [2.24, 2.45) is 5.73 Å². The van der Waals surface area contributed by atoms with E-state index in [1.807, 2.05) is 23.6 Å². The van der Waals surface area contributed by atoms with Crippen LogP contribution in [0, 0.1) is 0 Å². The van der Waals surface area contributed by atoms with E-state index in [-0.39, 0.29) is 12.2 Å². The SMILES string of the molecule is CC(O)CCN(C)C(N)=[N+](C)CCC(C)O. The average molecular weight is 232 g/mol. The molecule has 0 spiro atoms. The maximum atomic E-state index is 9.17. The number of hydrogen-bond acceptors (Lipinski definition) is 2. The van der Waals surface area contributed by atoms with Gasteiger partial charge in [0, 0.05) is 12.8 Å². The van der Waals surface area contributed by atoms with E-state index in [0.717, 1.165) is 13.1 Å². The first-order chi connectivity index (χ1) is 7.34. The highest BCUT2D eigenvalue weighted by molar-refractivity contribution is 5.72. The summed E-state index contributed by atoms with van der Waals surface area (Å²) in [6, 6.07) is 0. The van der Waals surface area contributed by atoms with E-state index in [2.05, 4.69) is 0 Å². The Bertz CT molecular complexity index is 227. The summed E-state index contributed by atoms with van der Waals surface area (Å²) in [6.07, 6.45) is 0.777. The van der Waals surface area contributed by atoms with Gasteiger partial charge in [0.1, 0.15) is 0 Å². The Labute approximate surface area is 98.2 Å². The van der Waals surface area contributed by atoms with E-state index in [4.69, 9.17) is 5.73 Å². The van der Waals surface area contributed by atoms with Crippen molar-refractivity contribution in [3.63, 3.8) is 0 Å². The van der Waals surface area contributed by atoms with Crippen molar-refractivity contribution in [3.05, 3.63) is 0 Å². The van der Waals surface area contributed by atoms with Gasteiger partial charge in [-0.25, -0.2) is 0 Å². The monoisotopic (exact) mass is 232 g/mol. The van der Waals surface area contributed by atoms with Crippen molar-refractivity contribution >= 4 is 5.96 Å². The molecule has 0 aliphatic carbocycles.